The predicted octanol–water partition coefficient (Wildman–Crippen LogP) is 5.52. The van der Waals surface area contributed by atoms with E-state index in [-0.39, 0.29) is 5.91 Å². The Hall–Kier alpha value is -3.18. The Balaban J connectivity index is 1.52. The van der Waals surface area contributed by atoms with Crippen LogP contribution in [-0.4, -0.2) is 10.9 Å². The maximum atomic E-state index is 12.1. The van der Waals surface area contributed by atoms with E-state index in [0.29, 0.717) is 10.9 Å². The van der Waals surface area contributed by atoms with E-state index in [1.54, 1.807) is 6.08 Å². The molecule has 2 aromatic carbocycles. The number of carbonyl (C=O) groups is 1. The van der Waals surface area contributed by atoms with Gasteiger partial charge in [0.15, 0.2) is 5.13 Å². The van der Waals surface area contributed by atoms with E-state index >= 15 is 0 Å². The zero-order valence-electron chi connectivity index (χ0n) is 14.1. The van der Waals surface area contributed by atoms with Gasteiger partial charge < -0.3 is 4.42 Å². The second kappa shape index (κ2) is 6.98. The van der Waals surface area contributed by atoms with Crippen LogP contribution in [0.3, 0.4) is 0 Å². The number of furan rings is 1. The van der Waals surface area contributed by atoms with Gasteiger partial charge in [-0.1, -0.05) is 42.5 Å². The number of anilines is 1. The van der Waals surface area contributed by atoms with Crippen LogP contribution < -0.4 is 5.32 Å². The number of hydrogen-bond donors (Lipinski definition) is 1. The molecule has 0 aliphatic heterocycles. The lowest BCUT2D eigenvalue weighted by Crippen LogP contribution is -2.07. The maximum Gasteiger partial charge on any atom is 0.250 e. The standard InChI is InChI=1S/C21H16N2O2S/c1-14-9-10-16(25-14)11-12-20(24)23-21-22-19(13-26-21)18-8-4-6-15-5-2-3-7-17(15)18/h2-13H,1H3,(H,22,23,24)/b12-11+. The zero-order chi connectivity index (χ0) is 17.9. The predicted molar refractivity (Wildman–Crippen MR) is 106 cm³/mol. The molecule has 0 aliphatic carbocycles. The highest BCUT2D eigenvalue weighted by Crippen LogP contribution is 2.30. The Kier molecular flexibility index (Phi) is 4.37. The average molecular weight is 360 g/mol. The highest BCUT2D eigenvalue weighted by molar-refractivity contribution is 7.14. The molecule has 4 aromatic rings. The molecule has 2 aromatic heterocycles. The van der Waals surface area contributed by atoms with E-state index in [1.807, 2.05) is 48.7 Å². The Morgan fingerprint density at radius 1 is 1.12 bits per heavy atom. The molecule has 26 heavy (non-hydrogen) atoms. The molecule has 2 heterocycles. The average Bonchev–Trinajstić information content (AvgIpc) is 3.28. The Bertz CT molecular complexity index is 1100. The van der Waals surface area contributed by atoms with Gasteiger partial charge in [0, 0.05) is 17.0 Å². The van der Waals surface area contributed by atoms with E-state index in [2.05, 4.69) is 28.5 Å². The minimum atomic E-state index is -0.238. The van der Waals surface area contributed by atoms with Crippen molar-refractivity contribution in [2.24, 2.45) is 0 Å². The van der Waals surface area contributed by atoms with Gasteiger partial charge in [-0.05, 0) is 35.9 Å². The van der Waals surface area contributed by atoms with Gasteiger partial charge in [-0.3, -0.25) is 10.1 Å². The minimum Gasteiger partial charge on any atom is -0.462 e. The van der Waals surface area contributed by atoms with E-state index in [9.17, 15) is 4.79 Å². The molecule has 4 nitrogen and oxygen atoms in total. The third-order valence-electron chi connectivity index (χ3n) is 3.96. The van der Waals surface area contributed by atoms with Crippen molar-refractivity contribution < 1.29 is 9.21 Å². The van der Waals surface area contributed by atoms with Gasteiger partial charge in [-0.15, -0.1) is 11.3 Å². The van der Waals surface area contributed by atoms with Crippen molar-refractivity contribution in [3.8, 4) is 11.3 Å². The number of aryl methyl sites for hydroxylation is 1. The van der Waals surface area contributed by atoms with Gasteiger partial charge in [0.2, 0.25) is 5.91 Å². The fourth-order valence-electron chi connectivity index (χ4n) is 2.75. The van der Waals surface area contributed by atoms with E-state index in [4.69, 9.17) is 4.42 Å². The second-order valence-corrected chi connectivity index (χ2v) is 6.69. The van der Waals surface area contributed by atoms with Crippen molar-refractivity contribution in [3.05, 3.63) is 77.6 Å². The van der Waals surface area contributed by atoms with Crippen molar-refractivity contribution in [1.29, 1.82) is 0 Å². The quantitative estimate of drug-likeness (QED) is 0.488. The smallest absolute Gasteiger partial charge is 0.250 e. The lowest BCUT2D eigenvalue weighted by atomic mass is 10.0. The highest BCUT2D eigenvalue weighted by atomic mass is 32.1. The van der Waals surface area contributed by atoms with Crippen LogP contribution in [0.15, 0.2) is 70.5 Å². The molecule has 5 heteroatoms. The summed E-state index contributed by atoms with van der Waals surface area (Å²) in [6.07, 6.45) is 3.08. The van der Waals surface area contributed by atoms with Crippen LogP contribution in [0.5, 0.6) is 0 Å². The van der Waals surface area contributed by atoms with Crippen molar-refractivity contribution >= 4 is 39.2 Å². The molecule has 0 atom stereocenters. The van der Waals surface area contributed by atoms with Crippen molar-refractivity contribution in [2.75, 3.05) is 5.32 Å². The molecule has 1 N–H and O–H groups in total. The normalized spacial score (nSPS) is 11.3. The largest absolute Gasteiger partial charge is 0.462 e. The van der Waals surface area contributed by atoms with Gasteiger partial charge in [-0.25, -0.2) is 4.98 Å². The molecule has 1 amide bonds. The summed E-state index contributed by atoms with van der Waals surface area (Å²) in [7, 11) is 0. The van der Waals surface area contributed by atoms with Crippen molar-refractivity contribution in [2.45, 2.75) is 6.92 Å². The topological polar surface area (TPSA) is 55.1 Å². The van der Waals surface area contributed by atoms with Crippen molar-refractivity contribution in [3.63, 3.8) is 0 Å². The number of carbonyl (C=O) groups excluding carboxylic acids is 1. The summed E-state index contributed by atoms with van der Waals surface area (Å²) < 4.78 is 5.41. The van der Waals surface area contributed by atoms with Crippen LogP contribution in [-0.2, 0) is 4.79 Å². The second-order valence-electron chi connectivity index (χ2n) is 5.84. The highest BCUT2D eigenvalue weighted by Gasteiger charge is 2.09. The summed E-state index contributed by atoms with van der Waals surface area (Å²) >= 11 is 1.41. The number of nitrogens with zero attached hydrogens (tertiary/aromatic N) is 1. The SMILES string of the molecule is Cc1ccc(/C=C/C(=O)Nc2nc(-c3cccc4ccccc34)cs2)o1. The number of amides is 1. The number of hydrogen-bond acceptors (Lipinski definition) is 4. The third-order valence-corrected chi connectivity index (χ3v) is 4.72. The number of rotatable bonds is 4. The first-order chi connectivity index (χ1) is 12.7. The van der Waals surface area contributed by atoms with Gasteiger partial charge >= 0.3 is 0 Å². The molecule has 4 rings (SSSR count). The molecule has 0 spiro atoms. The van der Waals surface area contributed by atoms with Crippen molar-refractivity contribution in [1.82, 2.24) is 4.98 Å². The number of aromatic nitrogens is 1. The molecule has 0 saturated heterocycles. The maximum absolute atomic E-state index is 12.1. The third kappa shape index (κ3) is 3.43. The fourth-order valence-corrected chi connectivity index (χ4v) is 3.47. The Morgan fingerprint density at radius 2 is 1.96 bits per heavy atom. The zero-order valence-corrected chi connectivity index (χ0v) is 14.9. The molecular weight excluding hydrogens is 344 g/mol. The first-order valence-electron chi connectivity index (χ1n) is 8.18. The Labute approximate surface area is 154 Å². The van der Waals surface area contributed by atoms with Crippen LogP contribution in [0.4, 0.5) is 5.13 Å². The first kappa shape index (κ1) is 16.3. The molecule has 0 radical (unpaired) electrons. The summed E-state index contributed by atoms with van der Waals surface area (Å²) in [6.45, 7) is 1.86. The van der Waals surface area contributed by atoms with E-state index < -0.39 is 0 Å². The van der Waals surface area contributed by atoms with Gasteiger partial charge in [0.1, 0.15) is 11.5 Å². The monoisotopic (exact) mass is 360 g/mol. The summed E-state index contributed by atoms with van der Waals surface area (Å²) in [5, 5.41) is 7.63. The molecule has 0 unspecified atom stereocenters. The molecule has 0 aliphatic rings. The molecule has 128 valence electrons. The van der Waals surface area contributed by atoms with Crippen LogP contribution >= 0.6 is 11.3 Å². The summed E-state index contributed by atoms with van der Waals surface area (Å²) in [5.74, 6) is 1.22. The number of nitrogens with one attached hydrogen (secondary N) is 1. The van der Waals surface area contributed by atoms with Crippen LogP contribution in [0.25, 0.3) is 28.1 Å². The fraction of sp³-hybridized carbons (Fsp3) is 0.0476. The summed E-state index contributed by atoms with van der Waals surface area (Å²) in [6, 6.07) is 18.0. The first-order valence-corrected chi connectivity index (χ1v) is 9.06. The van der Waals surface area contributed by atoms with E-state index in [1.165, 1.54) is 22.8 Å². The molecule has 0 saturated carbocycles. The minimum absolute atomic E-state index is 0.238. The number of thiazole rings is 1. The van der Waals surface area contributed by atoms with Crippen LogP contribution in [0.1, 0.15) is 11.5 Å². The van der Waals surface area contributed by atoms with E-state index in [0.717, 1.165) is 22.4 Å². The van der Waals surface area contributed by atoms with Gasteiger partial charge in [0.25, 0.3) is 0 Å². The molecule has 0 bridgehead atoms. The summed E-state index contributed by atoms with van der Waals surface area (Å²) in [5.41, 5.74) is 1.91. The van der Waals surface area contributed by atoms with Gasteiger partial charge in [-0.2, -0.15) is 0 Å². The summed E-state index contributed by atoms with van der Waals surface area (Å²) in [4.78, 5) is 16.6. The lowest BCUT2D eigenvalue weighted by molar-refractivity contribution is -0.111. The molecule has 0 fully saturated rings. The Morgan fingerprint density at radius 3 is 2.81 bits per heavy atom. The van der Waals surface area contributed by atoms with Gasteiger partial charge in [0.05, 0.1) is 5.69 Å². The number of fused-ring (bicyclic) bond motifs is 1. The lowest BCUT2D eigenvalue weighted by Gasteiger charge is -2.03. The number of benzene rings is 2. The molecular formula is C21H16N2O2S. The van der Waals surface area contributed by atoms with Crippen LogP contribution in [0, 0.1) is 6.92 Å². The van der Waals surface area contributed by atoms with Crippen LogP contribution in [0.2, 0.25) is 0 Å².